The number of carbonyl (C=O) groups excluding carboxylic acids is 2. The number of benzene rings is 1. The van der Waals surface area contributed by atoms with Gasteiger partial charge in [0.2, 0.25) is 5.84 Å². The van der Waals surface area contributed by atoms with Gasteiger partial charge in [0.25, 0.3) is 5.91 Å². The maximum absolute atomic E-state index is 11.7. The van der Waals surface area contributed by atoms with E-state index in [2.05, 4.69) is 9.84 Å². The SMILES string of the molecule is CCOC(=O)/C(N)=N\NC(=O)c1cc(Cl)c(O)c(Cl)c1. The summed E-state index contributed by atoms with van der Waals surface area (Å²) in [6.07, 6.45) is 0. The van der Waals surface area contributed by atoms with Gasteiger partial charge in [0.05, 0.1) is 16.7 Å². The summed E-state index contributed by atoms with van der Waals surface area (Å²) in [4.78, 5) is 22.9. The number of hydrogen-bond donors (Lipinski definition) is 3. The van der Waals surface area contributed by atoms with Gasteiger partial charge in [0.15, 0.2) is 5.75 Å². The molecule has 0 saturated carbocycles. The Balaban J connectivity index is 2.82. The summed E-state index contributed by atoms with van der Waals surface area (Å²) in [7, 11) is 0. The monoisotopic (exact) mass is 319 g/mol. The van der Waals surface area contributed by atoms with Crippen LogP contribution < -0.4 is 11.2 Å². The van der Waals surface area contributed by atoms with Crippen molar-refractivity contribution in [3.63, 3.8) is 0 Å². The second kappa shape index (κ2) is 6.97. The first-order chi connectivity index (χ1) is 9.36. The zero-order valence-corrected chi connectivity index (χ0v) is 11.8. The number of carbonyl (C=O) groups is 2. The molecule has 0 aliphatic heterocycles. The normalized spacial score (nSPS) is 11.1. The van der Waals surface area contributed by atoms with Crippen molar-refractivity contribution in [2.45, 2.75) is 6.92 Å². The number of amides is 1. The minimum atomic E-state index is -0.852. The van der Waals surface area contributed by atoms with E-state index in [0.29, 0.717) is 0 Å². The number of nitrogens with one attached hydrogen (secondary N) is 1. The lowest BCUT2D eigenvalue weighted by molar-refractivity contribution is -0.135. The summed E-state index contributed by atoms with van der Waals surface area (Å²) < 4.78 is 4.57. The van der Waals surface area contributed by atoms with Gasteiger partial charge >= 0.3 is 5.97 Å². The van der Waals surface area contributed by atoms with Gasteiger partial charge in [-0.3, -0.25) is 4.79 Å². The third-order valence-electron chi connectivity index (χ3n) is 2.04. The fourth-order valence-corrected chi connectivity index (χ4v) is 1.61. The van der Waals surface area contributed by atoms with Crippen LogP contribution in [0.3, 0.4) is 0 Å². The maximum Gasteiger partial charge on any atom is 0.375 e. The molecule has 0 bridgehead atoms. The van der Waals surface area contributed by atoms with Crippen LogP contribution in [0.2, 0.25) is 10.0 Å². The van der Waals surface area contributed by atoms with Gasteiger partial charge in [-0.25, -0.2) is 10.2 Å². The Labute approximate surface area is 124 Å². The smallest absolute Gasteiger partial charge is 0.375 e. The summed E-state index contributed by atoms with van der Waals surface area (Å²) >= 11 is 11.3. The van der Waals surface area contributed by atoms with Crippen LogP contribution in [0.15, 0.2) is 17.2 Å². The van der Waals surface area contributed by atoms with Crippen LogP contribution in [0.4, 0.5) is 0 Å². The second-order valence-electron chi connectivity index (χ2n) is 3.45. The molecule has 0 aliphatic rings. The number of phenolic OH excluding ortho intramolecular Hbond substituents is 1. The zero-order valence-electron chi connectivity index (χ0n) is 10.3. The quantitative estimate of drug-likeness (QED) is 0.336. The van der Waals surface area contributed by atoms with Crippen molar-refractivity contribution in [1.82, 2.24) is 5.43 Å². The summed E-state index contributed by atoms with van der Waals surface area (Å²) in [5.74, 6) is -2.40. The van der Waals surface area contributed by atoms with Crippen molar-refractivity contribution in [3.8, 4) is 5.75 Å². The molecule has 108 valence electrons. The van der Waals surface area contributed by atoms with Crippen LogP contribution in [0.5, 0.6) is 5.75 Å². The molecule has 1 aromatic rings. The number of nitrogens with two attached hydrogens (primary N) is 1. The third kappa shape index (κ3) is 4.01. The van der Waals surface area contributed by atoms with Gasteiger partial charge < -0.3 is 15.6 Å². The molecule has 0 heterocycles. The molecular weight excluding hydrogens is 309 g/mol. The number of amidine groups is 1. The molecule has 4 N–H and O–H groups in total. The largest absolute Gasteiger partial charge is 0.505 e. The highest BCUT2D eigenvalue weighted by Gasteiger charge is 2.13. The predicted octanol–water partition coefficient (Wildman–Crippen LogP) is 1.26. The van der Waals surface area contributed by atoms with Gasteiger partial charge in [0, 0.05) is 5.56 Å². The van der Waals surface area contributed by atoms with Crippen molar-refractivity contribution in [1.29, 1.82) is 0 Å². The van der Waals surface area contributed by atoms with E-state index in [0.717, 1.165) is 0 Å². The standard InChI is InChI=1S/C11H11Cl2N3O4/c1-2-20-11(19)9(14)15-16-10(18)5-3-6(12)8(17)7(13)4-5/h3-4,17H,2H2,1H3,(H2,14,15)(H,16,18). The summed E-state index contributed by atoms with van der Waals surface area (Å²) in [5, 5.41) is 12.5. The summed E-state index contributed by atoms with van der Waals surface area (Å²) in [6, 6.07) is 2.38. The first-order valence-electron chi connectivity index (χ1n) is 5.35. The number of nitrogens with zero attached hydrogens (tertiary/aromatic N) is 1. The Morgan fingerprint density at radius 3 is 2.45 bits per heavy atom. The molecule has 0 unspecified atom stereocenters. The zero-order chi connectivity index (χ0) is 15.3. The number of aromatic hydroxyl groups is 1. The number of esters is 1. The third-order valence-corrected chi connectivity index (χ3v) is 2.62. The first kappa shape index (κ1) is 16.1. The summed E-state index contributed by atoms with van der Waals surface area (Å²) in [5.41, 5.74) is 7.36. The molecule has 1 rings (SSSR count). The fraction of sp³-hybridized carbons (Fsp3) is 0.182. The molecular formula is C11H11Cl2N3O4. The van der Waals surface area contributed by atoms with Gasteiger partial charge in [0.1, 0.15) is 0 Å². The molecule has 0 atom stereocenters. The van der Waals surface area contributed by atoms with E-state index in [-0.39, 0.29) is 28.0 Å². The Hall–Kier alpha value is -1.99. The summed E-state index contributed by atoms with van der Waals surface area (Å²) in [6.45, 7) is 1.73. The highest BCUT2D eigenvalue weighted by Crippen LogP contribution is 2.32. The number of halogens is 2. The average Bonchev–Trinajstić information content (AvgIpc) is 2.41. The number of ether oxygens (including phenoxy) is 1. The molecule has 7 nitrogen and oxygen atoms in total. The van der Waals surface area contributed by atoms with Gasteiger partial charge in [-0.2, -0.15) is 0 Å². The van der Waals surface area contributed by atoms with Gasteiger partial charge in [-0.05, 0) is 19.1 Å². The van der Waals surface area contributed by atoms with Crippen LogP contribution in [0.25, 0.3) is 0 Å². The molecule has 0 fully saturated rings. The van der Waals surface area contributed by atoms with E-state index < -0.39 is 17.7 Å². The lowest BCUT2D eigenvalue weighted by Gasteiger charge is -2.05. The van der Waals surface area contributed by atoms with Crippen LogP contribution >= 0.6 is 23.2 Å². The average molecular weight is 320 g/mol. The van der Waals surface area contributed by atoms with Crippen molar-refractivity contribution in [3.05, 3.63) is 27.7 Å². The van der Waals surface area contributed by atoms with E-state index in [1.807, 2.05) is 5.43 Å². The van der Waals surface area contributed by atoms with Crippen molar-refractivity contribution >= 4 is 40.9 Å². The number of phenols is 1. The molecule has 1 amide bonds. The lowest BCUT2D eigenvalue weighted by atomic mass is 10.2. The Morgan fingerprint density at radius 2 is 1.95 bits per heavy atom. The van der Waals surface area contributed by atoms with E-state index in [4.69, 9.17) is 28.9 Å². The van der Waals surface area contributed by atoms with Crippen LogP contribution in [-0.4, -0.2) is 29.4 Å². The Bertz CT molecular complexity index is 552. The van der Waals surface area contributed by atoms with Gasteiger partial charge in [-0.15, -0.1) is 5.10 Å². The van der Waals surface area contributed by atoms with Gasteiger partial charge in [-0.1, -0.05) is 23.2 Å². The molecule has 9 heteroatoms. The molecule has 20 heavy (non-hydrogen) atoms. The predicted molar refractivity (Wildman–Crippen MR) is 73.8 cm³/mol. The molecule has 1 aromatic carbocycles. The highest BCUT2D eigenvalue weighted by atomic mass is 35.5. The minimum Gasteiger partial charge on any atom is -0.505 e. The minimum absolute atomic E-state index is 0.0400. The van der Waals surface area contributed by atoms with Crippen LogP contribution in [-0.2, 0) is 9.53 Å². The fourth-order valence-electron chi connectivity index (χ4n) is 1.12. The molecule has 0 spiro atoms. The first-order valence-corrected chi connectivity index (χ1v) is 6.11. The molecule has 0 saturated heterocycles. The van der Waals surface area contributed by atoms with Crippen LogP contribution in [0.1, 0.15) is 17.3 Å². The number of rotatable bonds is 3. The van der Waals surface area contributed by atoms with E-state index in [9.17, 15) is 14.7 Å². The Kier molecular flexibility index (Phi) is 5.60. The second-order valence-corrected chi connectivity index (χ2v) is 4.26. The lowest BCUT2D eigenvalue weighted by Crippen LogP contribution is -2.30. The number of hydrazone groups is 1. The number of hydrogen-bond acceptors (Lipinski definition) is 5. The van der Waals surface area contributed by atoms with Crippen molar-refractivity contribution in [2.24, 2.45) is 10.8 Å². The van der Waals surface area contributed by atoms with E-state index in [1.165, 1.54) is 12.1 Å². The Morgan fingerprint density at radius 1 is 1.40 bits per heavy atom. The maximum atomic E-state index is 11.7. The topological polar surface area (TPSA) is 114 Å². The highest BCUT2D eigenvalue weighted by molar-refractivity contribution is 6.37. The molecule has 0 radical (unpaired) electrons. The van der Waals surface area contributed by atoms with Crippen molar-refractivity contribution in [2.75, 3.05) is 6.61 Å². The molecule has 0 aliphatic carbocycles. The van der Waals surface area contributed by atoms with Crippen LogP contribution in [0, 0.1) is 0 Å². The van der Waals surface area contributed by atoms with E-state index in [1.54, 1.807) is 6.92 Å². The molecule has 0 aromatic heterocycles. The van der Waals surface area contributed by atoms with E-state index >= 15 is 0 Å². The van der Waals surface area contributed by atoms with Crippen molar-refractivity contribution < 1.29 is 19.4 Å².